The van der Waals surface area contributed by atoms with E-state index in [0.717, 1.165) is 55.6 Å². The van der Waals surface area contributed by atoms with Crippen LogP contribution < -0.4 is 4.74 Å². The van der Waals surface area contributed by atoms with Gasteiger partial charge in [0.05, 0.1) is 12.6 Å². The molecule has 0 amide bonds. The molecule has 1 aliphatic heterocycles. The van der Waals surface area contributed by atoms with Crippen molar-refractivity contribution in [2.24, 2.45) is 11.8 Å². The van der Waals surface area contributed by atoms with E-state index in [-0.39, 0.29) is 12.3 Å². The molecule has 1 aromatic heterocycles. The molecule has 0 radical (unpaired) electrons. The number of methoxy groups -OCH3 is 1. The molecule has 0 bridgehead atoms. The van der Waals surface area contributed by atoms with Crippen molar-refractivity contribution in [1.29, 1.82) is 0 Å². The molecular weight excluding hydrogens is 499 g/mol. The zero-order chi connectivity index (χ0) is 26.9. The second kappa shape index (κ2) is 13.9. The van der Waals surface area contributed by atoms with E-state index in [1.54, 1.807) is 19.4 Å². The normalized spacial score (nSPS) is 18.9. The summed E-state index contributed by atoms with van der Waals surface area (Å²) in [7, 11) is 1.61. The van der Waals surface area contributed by atoms with Crippen LogP contribution in [-0.4, -0.2) is 53.5 Å². The van der Waals surface area contributed by atoms with E-state index in [2.05, 4.69) is 41.1 Å². The summed E-state index contributed by atoms with van der Waals surface area (Å²) in [5.74, 6) is 1.63. The molecule has 4 rings (SSSR count). The van der Waals surface area contributed by atoms with Crippen molar-refractivity contribution < 1.29 is 19.0 Å². The monoisotopic (exact) mass is 538 g/mol. The minimum atomic E-state index is -1.09. The zero-order valence-corrected chi connectivity index (χ0v) is 23.3. The Kier molecular flexibility index (Phi) is 10.4. The minimum absolute atomic E-state index is 0.173. The average Bonchev–Trinajstić information content (AvgIpc) is 2.93. The van der Waals surface area contributed by atoms with E-state index < -0.39 is 12.1 Å². The molecule has 2 unspecified atom stereocenters. The predicted molar refractivity (Wildman–Crippen MR) is 153 cm³/mol. The second-order valence-corrected chi connectivity index (χ2v) is 11.6. The number of hydrogen-bond donors (Lipinski definition) is 1. The molecule has 3 aromatic rings. The van der Waals surface area contributed by atoms with Crippen LogP contribution in [0.15, 0.2) is 59.6 Å². The van der Waals surface area contributed by atoms with E-state index in [1.165, 1.54) is 10.5 Å². The summed E-state index contributed by atoms with van der Waals surface area (Å²) < 4.78 is 20.9. The fourth-order valence-electron chi connectivity index (χ4n) is 5.55. The Balaban J connectivity index is 1.31. The quantitative estimate of drug-likeness (QED) is 0.182. The number of halogens is 1. The fourth-order valence-corrected chi connectivity index (χ4v) is 6.39. The third-order valence-electron chi connectivity index (χ3n) is 7.72. The van der Waals surface area contributed by atoms with Gasteiger partial charge in [-0.15, -0.1) is 11.8 Å². The number of aliphatic carboxylic acids is 1. The molecule has 0 aliphatic carbocycles. The smallest absolute Gasteiger partial charge is 0.303 e. The highest BCUT2D eigenvalue weighted by Crippen LogP contribution is 2.36. The number of alkyl halides is 1. The summed E-state index contributed by atoms with van der Waals surface area (Å²) in [6, 6.07) is 16.0. The first-order valence-electron chi connectivity index (χ1n) is 13.6. The van der Waals surface area contributed by atoms with E-state index >= 15 is 4.39 Å². The van der Waals surface area contributed by atoms with E-state index in [9.17, 15) is 9.90 Å². The fraction of sp³-hybridized carbons (Fsp3) is 0.484. The van der Waals surface area contributed by atoms with Crippen LogP contribution in [0.3, 0.4) is 0 Å². The molecule has 1 saturated heterocycles. The maximum Gasteiger partial charge on any atom is 0.303 e. The van der Waals surface area contributed by atoms with Crippen molar-refractivity contribution in [3.05, 3.63) is 65.9 Å². The standard InChI is InChI=1S/C31H39FN2O3S/c1-22-4-9-26(10-5-22)38-19-3-17-34-18-15-23(24(21-34)7-13-31(35)36)6-11-29(32)27-14-16-33-30-12-8-25(37-2)20-28(27)30/h4-5,8-10,12,14,16,20,23-24,29H,3,6-7,11,13,15,17-19,21H2,1-2H3,(H,35,36)/t23?,24?,29-/m0/s1. The van der Waals surface area contributed by atoms with Gasteiger partial charge in [0, 0.05) is 29.4 Å². The van der Waals surface area contributed by atoms with Crippen molar-refractivity contribution >= 4 is 28.6 Å². The molecule has 1 aliphatic rings. The zero-order valence-electron chi connectivity index (χ0n) is 22.4. The number of piperidine rings is 1. The van der Waals surface area contributed by atoms with Crippen LogP contribution in [0.25, 0.3) is 10.9 Å². The number of rotatable bonds is 13. The minimum Gasteiger partial charge on any atom is -0.497 e. The highest BCUT2D eigenvalue weighted by atomic mass is 32.2. The molecule has 38 heavy (non-hydrogen) atoms. The second-order valence-electron chi connectivity index (χ2n) is 10.4. The SMILES string of the molecule is COc1ccc2nccc([C@@H](F)CCC3CCN(CCCSc4ccc(C)cc4)CC3CCC(=O)O)c2c1. The number of nitrogens with zero attached hydrogens (tertiary/aromatic N) is 2. The van der Waals surface area contributed by atoms with Crippen molar-refractivity contribution in [1.82, 2.24) is 9.88 Å². The Morgan fingerprint density at radius 3 is 2.76 bits per heavy atom. The number of thioether (sulfide) groups is 1. The predicted octanol–water partition coefficient (Wildman–Crippen LogP) is 7.33. The van der Waals surface area contributed by atoms with Gasteiger partial charge in [0.2, 0.25) is 0 Å². The maximum absolute atomic E-state index is 15.6. The van der Waals surface area contributed by atoms with Gasteiger partial charge in [-0.3, -0.25) is 9.78 Å². The van der Waals surface area contributed by atoms with Gasteiger partial charge in [-0.25, -0.2) is 4.39 Å². The van der Waals surface area contributed by atoms with Crippen LogP contribution in [0.2, 0.25) is 0 Å². The third-order valence-corrected chi connectivity index (χ3v) is 8.82. The Morgan fingerprint density at radius 1 is 1.18 bits per heavy atom. The first kappa shape index (κ1) is 28.4. The number of ether oxygens (including phenoxy) is 1. The Labute approximate surface area is 229 Å². The average molecular weight is 539 g/mol. The lowest BCUT2D eigenvalue weighted by molar-refractivity contribution is -0.137. The number of likely N-dealkylation sites (tertiary alicyclic amines) is 1. The number of carboxylic acid groups (broad SMARTS) is 1. The van der Waals surface area contributed by atoms with Crippen molar-refractivity contribution in [2.45, 2.75) is 56.5 Å². The van der Waals surface area contributed by atoms with Crippen molar-refractivity contribution in [3.8, 4) is 5.75 Å². The van der Waals surface area contributed by atoms with Crippen LogP contribution in [0.1, 0.15) is 55.8 Å². The maximum atomic E-state index is 15.6. The van der Waals surface area contributed by atoms with Gasteiger partial charge < -0.3 is 14.7 Å². The van der Waals surface area contributed by atoms with Crippen LogP contribution >= 0.6 is 11.8 Å². The molecule has 3 atom stereocenters. The molecule has 2 heterocycles. The largest absolute Gasteiger partial charge is 0.497 e. The Hall–Kier alpha value is -2.64. The Morgan fingerprint density at radius 2 is 2.00 bits per heavy atom. The summed E-state index contributed by atoms with van der Waals surface area (Å²) in [6.45, 7) is 5.02. The highest BCUT2D eigenvalue weighted by molar-refractivity contribution is 7.99. The summed E-state index contributed by atoms with van der Waals surface area (Å²) in [5.41, 5.74) is 2.69. The first-order valence-corrected chi connectivity index (χ1v) is 14.6. The summed E-state index contributed by atoms with van der Waals surface area (Å²) in [6.07, 6.45) is 4.68. The number of carbonyl (C=O) groups is 1. The number of carboxylic acids is 1. The molecule has 7 heteroatoms. The summed E-state index contributed by atoms with van der Waals surface area (Å²) >= 11 is 1.89. The van der Waals surface area contributed by atoms with Gasteiger partial charge >= 0.3 is 5.97 Å². The molecule has 5 nitrogen and oxygen atoms in total. The molecule has 204 valence electrons. The van der Waals surface area contributed by atoms with E-state index in [1.807, 2.05) is 30.0 Å². The van der Waals surface area contributed by atoms with Gasteiger partial charge in [-0.05, 0) is 112 Å². The lowest BCUT2D eigenvalue weighted by Crippen LogP contribution is -2.41. The number of aryl methyl sites for hydroxylation is 1. The van der Waals surface area contributed by atoms with Gasteiger partial charge in [0.25, 0.3) is 0 Å². The first-order chi connectivity index (χ1) is 18.4. The molecule has 1 fully saturated rings. The van der Waals surface area contributed by atoms with Crippen molar-refractivity contribution in [2.75, 3.05) is 32.5 Å². The third kappa shape index (κ3) is 7.93. The lowest BCUT2D eigenvalue weighted by atomic mass is 9.79. The summed E-state index contributed by atoms with van der Waals surface area (Å²) in [4.78, 5) is 19.5. The number of aromatic nitrogens is 1. The van der Waals surface area contributed by atoms with Crippen LogP contribution in [0.4, 0.5) is 4.39 Å². The number of hydrogen-bond acceptors (Lipinski definition) is 5. The van der Waals surface area contributed by atoms with Gasteiger partial charge in [-0.2, -0.15) is 0 Å². The molecule has 0 spiro atoms. The van der Waals surface area contributed by atoms with Gasteiger partial charge in [0.15, 0.2) is 0 Å². The molecule has 0 saturated carbocycles. The number of benzene rings is 2. The van der Waals surface area contributed by atoms with Crippen LogP contribution in [0, 0.1) is 18.8 Å². The van der Waals surface area contributed by atoms with Crippen LogP contribution in [0.5, 0.6) is 5.75 Å². The molecule has 2 aromatic carbocycles. The van der Waals surface area contributed by atoms with Gasteiger partial charge in [-0.1, -0.05) is 17.7 Å². The Bertz CT molecular complexity index is 1190. The van der Waals surface area contributed by atoms with Gasteiger partial charge in [0.1, 0.15) is 11.9 Å². The highest BCUT2D eigenvalue weighted by Gasteiger charge is 2.30. The molecular formula is C31H39FN2O3S. The number of fused-ring (bicyclic) bond motifs is 1. The summed E-state index contributed by atoms with van der Waals surface area (Å²) in [5, 5.41) is 10.1. The topological polar surface area (TPSA) is 62.7 Å². The van der Waals surface area contributed by atoms with Crippen LogP contribution in [-0.2, 0) is 4.79 Å². The van der Waals surface area contributed by atoms with E-state index in [0.29, 0.717) is 30.1 Å². The lowest BCUT2D eigenvalue weighted by Gasteiger charge is -2.39. The molecule has 1 N–H and O–H groups in total. The van der Waals surface area contributed by atoms with E-state index in [4.69, 9.17) is 4.74 Å². The number of pyridine rings is 1. The van der Waals surface area contributed by atoms with Crippen molar-refractivity contribution in [3.63, 3.8) is 0 Å².